The quantitative estimate of drug-likeness (QED) is 0.360. The lowest BCUT2D eigenvalue weighted by atomic mass is 10.1. The summed E-state index contributed by atoms with van der Waals surface area (Å²) in [5, 5.41) is 12.7. The molecular weight excluding hydrogens is 386 g/mol. The number of para-hydroxylation sites is 1. The molecule has 2 aromatic carbocycles. The van der Waals surface area contributed by atoms with Crippen molar-refractivity contribution in [1.82, 2.24) is 25.5 Å². The highest BCUT2D eigenvalue weighted by atomic mass is 32.2. The fraction of sp³-hybridized carbons (Fsp3) is 0.238. The molecule has 0 atom stereocenters. The molecule has 0 aliphatic heterocycles. The molecule has 0 bridgehead atoms. The average molecular weight is 407 g/mol. The third-order valence-corrected chi connectivity index (χ3v) is 5.28. The van der Waals surface area contributed by atoms with Gasteiger partial charge in [-0.05, 0) is 31.5 Å². The Hall–Kier alpha value is -3.13. The molecule has 1 amide bonds. The van der Waals surface area contributed by atoms with Gasteiger partial charge >= 0.3 is 0 Å². The number of aromatic nitrogens is 4. The van der Waals surface area contributed by atoms with Crippen molar-refractivity contribution in [2.45, 2.75) is 19.0 Å². The standard InChI is InChI=1S/C21H21N5O2S/c1-13-7-8-17(14(2)11-13)28-10-9-22-18(27)12-29-21-24-20-19(25-26-21)15-5-3-4-6-16(15)23-20/h3-8,11H,9-10,12H2,1-2H3,(H,22,27)(H,23,24,26). The number of hydrogen-bond donors (Lipinski definition) is 2. The number of carbonyl (C=O) groups is 1. The first kappa shape index (κ1) is 19.2. The normalized spacial score (nSPS) is 11.1. The van der Waals surface area contributed by atoms with E-state index in [-0.39, 0.29) is 11.7 Å². The van der Waals surface area contributed by atoms with Crippen LogP contribution in [0.15, 0.2) is 47.6 Å². The third-order valence-electron chi connectivity index (χ3n) is 4.45. The Labute approximate surface area is 172 Å². The monoisotopic (exact) mass is 407 g/mol. The van der Waals surface area contributed by atoms with Gasteiger partial charge in [0, 0.05) is 10.9 Å². The summed E-state index contributed by atoms with van der Waals surface area (Å²) in [6.07, 6.45) is 0. The number of aromatic amines is 1. The highest BCUT2D eigenvalue weighted by Crippen LogP contribution is 2.23. The average Bonchev–Trinajstić information content (AvgIpc) is 3.08. The van der Waals surface area contributed by atoms with Crippen LogP contribution >= 0.6 is 11.8 Å². The zero-order chi connectivity index (χ0) is 20.2. The molecule has 4 rings (SSSR count). The van der Waals surface area contributed by atoms with Gasteiger partial charge in [-0.15, -0.1) is 10.2 Å². The van der Waals surface area contributed by atoms with E-state index in [2.05, 4.69) is 31.5 Å². The van der Waals surface area contributed by atoms with Crippen molar-refractivity contribution < 1.29 is 9.53 Å². The summed E-state index contributed by atoms with van der Waals surface area (Å²) in [6.45, 7) is 4.91. The molecule has 0 aliphatic rings. The minimum Gasteiger partial charge on any atom is -0.491 e. The van der Waals surface area contributed by atoms with Gasteiger partial charge < -0.3 is 15.0 Å². The summed E-state index contributed by atoms with van der Waals surface area (Å²) in [7, 11) is 0. The number of nitrogens with zero attached hydrogens (tertiary/aromatic N) is 3. The van der Waals surface area contributed by atoms with Crippen LogP contribution in [-0.4, -0.2) is 45.0 Å². The molecule has 0 radical (unpaired) electrons. The van der Waals surface area contributed by atoms with E-state index in [4.69, 9.17) is 4.74 Å². The van der Waals surface area contributed by atoms with Crippen molar-refractivity contribution in [3.05, 3.63) is 53.6 Å². The summed E-state index contributed by atoms with van der Waals surface area (Å²) in [5.41, 5.74) is 4.66. The number of aryl methyl sites for hydroxylation is 2. The maximum Gasteiger partial charge on any atom is 0.230 e. The van der Waals surface area contributed by atoms with Crippen LogP contribution in [0.25, 0.3) is 22.1 Å². The molecule has 4 aromatic rings. The number of fused-ring (bicyclic) bond motifs is 3. The first-order chi connectivity index (χ1) is 14.1. The van der Waals surface area contributed by atoms with E-state index in [1.54, 1.807) is 0 Å². The minimum atomic E-state index is -0.0976. The van der Waals surface area contributed by atoms with Crippen LogP contribution in [0.2, 0.25) is 0 Å². The van der Waals surface area contributed by atoms with Gasteiger partial charge in [-0.2, -0.15) is 0 Å². The van der Waals surface area contributed by atoms with Crippen LogP contribution in [0.4, 0.5) is 0 Å². The number of rotatable bonds is 7. The van der Waals surface area contributed by atoms with Gasteiger partial charge in [-0.1, -0.05) is 47.7 Å². The molecule has 0 saturated carbocycles. The van der Waals surface area contributed by atoms with Gasteiger partial charge in [0.25, 0.3) is 0 Å². The Morgan fingerprint density at radius 3 is 2.90 bits per heavy atom. The number of hydrogen-bond acceptors (Lipinski definition) is 6. The number of benzene rings is 2. The lowest BCUT2D eigenvalue weighted by Crippen LogP contribution is -2.29. The maximum atomic E-state index is 12.1. The number of nitrogens with one attached hydrogen (secondary N) is 2. The molecule has 2 heterocycles. The van der Waals surface area contributed by atoms with Gasteiger partial charge in [0.05, 0.1) is 12.3 Å². The van der Waals surface area contributed by atoms with Crippen molar-refractivity contribution >= 4 is 39.7 Å². The highest BCUT2D eigenvalue weighted by Gasteiger charge is 2.10. The van der Waals surface area contributed by atoms with Gasteiger partial charge in [0.15, 0.2) is 5.65 Å². The first-order valence-electron chi connectivity index (χ1n) is 9.31. The minimum absolute atomic E-state index is 0.0976. The Morgan fingerprint density at radius 1 is 1.17 bits per heavy atom. The van der Waals surface area contributed by atoms with Gasteiger partial charge in [0.1, 0.15) is 17.9 Å². The summed E-state index contributed by atoms with van der Waals surface area (Å²) in [6, 6.07) is 13.9. The van der Waals surface area contributed by atoms with Gasteiger partial charge in [-0.25, -0.2) is 4.98 Å². The van der Waals surface area contributed by atoms with Crippen molar-refractivity contribution in [3.63, 3.8) is 0 Å². The van der Waals surface area contributed by atoms with Crippen LogP contribution in [0.3, 0.4) is 0 Å². The predicted octanol–water partition coefficient (Wildman–Crippen LogP) is 3.41. The lowest BCUT2D eigenvalue weighted by Gasteiger charge is -2.10. The van der Waals surface area contributed by atoms with E-state index in [0.717, 1.165) is 27.7 Å². The number of carbonyl (C=O) groups excluding carboxylic acids is 1. The van der Waals surface area contributed by atoms with E-state index in [1.807, 2.05) is 50.2 Å². The SMILES string of the molecule is Cc1ccc(OCCNC(=O)CSc2nnc3c(n2)[nH]c2ccccc23)c(C)c1. The lowest BCUT2D eigenvalue weighted by molar-refractivity contribution is -0.118. The van der Waals surface area contributed by atoms with Crippen molar-refractivity contribution in [1.29, 1.82) is 0 Å². The summed E-state index contributed by atoms with van der Waals surface area (Å²) < 4.78 is 5.72. The zero-order valence-corrected chi connectivity index (χ0v) is 17.0. The summed E-state index contributed by atoms with van der Waals surface area (Å²) >= 11 is 1.25. The molecule has 148 valence electrons. The summed E-state index contributed by atoms with van der Waals surface area (Å²) in [5.74, 6) is 0.960. The zero-order valence-electron chi connectivity index (χ0n) is 16.2. The fourth-order valence-electron chi connectivity index (χ4n) is 3.06. The van der Waals surface area contributed by atoms with Crippen molar-refractivity contribution in [2.75, 3.05) is 18.9 Å². The molecule has 8 heteroatoms. The highest BCUT2D eigenvalue weighted by molar-refractivity contribution is 7.99. The van der Waals surface area contributed by atoms with E-state index in [0.29, 0.717) is 24.0 Å². The smallest absolute Gasteiger partial charge is 0.230 e. The fourth-order valence-corrected chi connectivity index (χ4v) is 3.68. The van der Waals surface area contributed by atoms with Crippen molar-refractivity contribution in [2.24, 2.45) is 0 Å². The third kappa shape index (κ3) is 4.48. The largest absolute Gasteiger partial charge is 0.491 e. The summed E-state index contributed by atoms with van der Waals surface area (Å²) in [4.78, 5) is 19.8. The molecule has 29 heavy (non-hydrogen) atoms. The molecule has 0 unspecified atom stereocenters. The molecule has 7 nitrogen and oxygen atoms in total. The van der Waals surface area contributed by atoms with Crippen molar-refractivity contribution in [3.8, 4) is 5.75 Å². The van der Waals surface area contributed by atoms with Gasteiger partial charge in [0.2, 0.25) is 11.1 Å². The van der Waals surface area contributed by atoms with E-state index < -0.39 is 0 Å². The molecule has 0 aliphatic carbocycles. The molecule has 0 saturated heterocycles. The van der Waals surface area contributed by atoms with E-state index in [1.165, 1.54) is 17.3 Å². The number of H-pyrrole nitrogens is 1. The van der Waals surface area contributed by atoms with Crippen LogP contribution < -0.4 is 10.1 Å². The molecule has 0 spiro atoms. The van der Waals surface area contributed by atoms with Crippen LogP contribution in [-0.2, 0) is 4.79 Å². The molecule has 2 N–H and O–H groups in total. The Morgan fingerprint density at radius 2 is 2.03 bits per heavy atom. The van der Waals surface area contributed by atoms with Crippen LogP contribution in [0.5, 0.6) is 5.75 Å². The molecule has 0 fully saturated rings. The topological polar surface area (TPSA) is 92.8 Å². The predicted molar refractivity (Wildman–Crippen MR) is 114 cm³/mol. The van der Waals surface area contributed by atoms with Gasteiger partial charge in [-0.3, -0.25) is 4.79 Å². The number of amides is 1. The second-order valence-electron chi connectivity index (χ2n) is 6.72. The Kier molecular flexibility index (Phi) is 5.62. The molecule has 2 aromatic heterocycles. The second kappa shape index (κ2) is 8.48. The Balaban J connectivity index is 1.26. The Bertz CT molecular complexity index is 1170. The first-order valence-corrected chi connectivity index (χ1v) is 10.3. The van der Waals surface area contributed by atoms with E-state index in [9.17, 15) is 4.79 Å². The van der Waals surface area contributed by atoms with Crippen LogP contribution in [0, 0.1) is 13.8 Å². The maximum absolute atomic E-state index is 12.1. The number of ether oxygens (including phenoxy) is 1. The van der Waals surface area contributed by atoms with Crippen LogP contribution in [0.1, 0.15) is 11.1 Å². The second-order valence-corrected chi connectivity index (χ2v) is 7.66. The number of thioether (sulfide) groups is 1. The molecular formula is C21H21N5O2S. The van der Waals surface area contributed by atoms with E-state index >= 15 is 0 Å².